The van der Waals surface area contributed by atoms with Gasteiger partial charge in [-0.15, -0.1) is 0 Å². The molecule has 0 unspecified atom stereocenters. The minimum atomic E-state index is -0.366. The van der Waals surface area contributed by atoms with Crippen molar-refractivity contribution in [1.82, 2.24) is 10.2 Å². The van der Waals surface area contributed by atoms with Crippen LogP contribution in [0.2, 0.25) is 0 Å². The quantitative estimate of drug-likeness (QED) is 0.155. The van der Waals surface area contributed by atoms with Gasteiger partial charge >= 0.3 is 11.9 Å². The van der Waals surface area contributed by atoms with E-state index in [0.717, 1.165) is 51.9 Å². The van der Waals surface area contributed by atoms with Gasteiger partial charge in [0, 0.05) is 0 Å². The molecule has 182 valence electrons. The summed E-state index contributed by atoms with van der Waals surface area (Å²) in [5.74, 6) is -0.808. The molecule has 0 spiro atoms. The molecule has 0 aliphatic carbocycles. The van der Waals surface area contributed by atoms with Crippen LogP contribution in [0.5, 0.6) is 0 Å². The van der Waals surface area contributed by atoms with Crippen molar-refractivity contribution in [2.24, 2.45) is 5.92 Å². The Kier molecular flexibility index (Phi) is 17.9. The summed E-state index contributed by atoms with van der Waals surface area (Å²) >= 11 is 0. The fraction of sp³-hybridized carbons (Fsp3) is 0.923. The minimum absolute atomic E-state index is 0.120. The normalized spacial score (nSPS) is 14.8. The molecule has 0 aromatic carbocycles. The van der Waals surface area contributed by atoms with Crippen LogP contribution in [0.3, 0.4) is 0 Å². The van der Waals surface area contributed by atoms with Crippen molar-refractivity contribution in [3.8, 4) is 0 Å². The SMILES string of the molecule is CCCCCCCCCN(CCCCCCCCC)CC(=O)OC(=O)C1CCNCC1. The molecule has 31 heavy (non-hydrogen) atoms. The average molecular weight is 439 g/mol. The molecule has 0 atom stereocenters. The van der Waals surface area contributed by atoms with Crippen molar-refractivity contribution >= 4 is 11.9 Å². The van der Waals surface area contributed by atoms with Crippen molar-refractivity contribution in [2.45, 2.75) is 117 Å². The molecule has 1 aliphatic rings. The van der Waals surface area contributed by atoms with Crippen molar-refractivity contribution in [3.05, 3.63) is 0 Å². The first kappa shape index (κ1) is 28.1. The lowest BCUT2D eigenvalue weighted by molar-refractivity contribution is -0.163. The maximum Gasteiger partial charge on any atom is 0.327 e. The number of esters is 2. The number of ether oxygens (including phenoxy) is 1. The highest BCUT2D eigenvalue weighted by Crippen LogP contribution is 2.14. The standard InChI is InChI=1S/C26H50N2O3/c1-3-5-7-9-11-13-15-21-28(22-16-14-12-10-8-6-4-2)23-25(29)31-26(30)24-17-19-27-20-18-24/h24,27H,3-23H2,1-2H3. The first-order chi connectivity index (χ1) is 15.2. The molecule has 1 aliphatic heterocycles. The first-order valence-electron chi connectivity index (χ1n) is 13.3. The molecule has 0 bridgehead atoms. The van der Waals surface area contributed by atoms with E-state index in [1.165, 1.54) is 77.0 Å². The van der Waals surface area contributed by atoms with Gasteiger partial charge in [0.25, 0.3) is 0 Å². The van der Waals surface area contributed by atoms with E-state index < -0.39 is 0 Å². The van der Waals surface area contributed by atoms with Crippen LogP contribution in [0, 0.1) is 5.92 Å². The van der Waals surface area contributed by atoms with E-state index in [2.05, 4.69) is 24.1 Å². The van der Waals surface area contributed by atoms with E-state index >= 15 is 0 Å². The van der Waals surface area contributed by atoms with E-state index in [1.807, 2.05) is 0 Å². The van der Waals surface area contributed by atoms with Gasteiger partial charge in [0.15, 0.2) is 0 Å². The summed E-state index contributed by atoms with van der Waals surface area (Å²) in [7, 11) is 0. The van der Waals surface area contributed by atoms with Gasteiger partial charge in [-0.1, -0.05) is 90.9 Å². The summed E-state index contributed by atoms with van der Waals surface area (Å²) < 4.78 is 5.22. The highest BCUT2D eigenvalue weighted by Gasteiger charge is 2.25. The lowest BCUT2D eigenvalue weighted by Gasteiger charge is -2.23. The summed E-state index contributed by atoms with van der Waals surface area (Å²) in [5.41, 5.74) is 0. The average Bonchev–Trinajstić information content (AvgIpc) is 2.78. The summed E-state index contributed by atoms with van der Waals surface area (Å²) in [6.45, 7) is 8.27. The van der Waals surface area contributed by atoms with Crippen LogP contribution in [0.15, 0.2) is 0 Å². The summed E-state index contributed by atoms with van der Waals surface area (Å²) in [4.78, 5) is 26.9. The third-order valence-corrected chi connectivity index (χ3v) is 6.40. The van der Waals surface area contributed by atoms with Gasteiger partial charge in [0.1, 0.15) is 0 Å². The maximum absolute atomic E-state index is 12.4. The summed E-state index contributed by atoms with van der Waals surface area (Å²) in [5, 5.41) is 3.24. The van der Waals surface area contributed by atoms with Crippen molar-refractivity contribution in [2.75, 3.05) is 32.7 Å². The van der Waals surface area contributed by atoms with Crippen LogP contribution in [-0.2, 0) is 14.3 Å². The Morgan fingerprint density at radius 3 is 1.68 bits per heavy atom. The zero-order valence-electron chi connectivity index (χ0n) is 20.6. The van der Waals surface area contributed by atoms with Gasteiger partial charge in [-0.3, -0.25) is 14.5 Å². The van der Waals surface area contributed by atoms with Gasteiger partial charge in [-0.25, -0.2) is 0 Å². The molecular weight excluding hydrogens is 388 g/mol. The van der Waals surface area contributed by atoms with Gasteiger partial charge in [0.2, 0.25) is 0 Å². The van der Waals surface area contributed by atoms with E-state index in [9.17, 15) is 9.59 Å². The molecule has 0 aromatic rings. The van der Waals surface area contributed by atoms with Gasteiger partial charge in [0.05, 0.1) is 12.5 Å². The summed E-state index contributed by atoms with van der Waals surface area (Å²) in [6, 6.07) is 0. The van der Waals surface area contributed by atoms with Crippen molar-refractivity contribution < 1.29 is 14.3 Å². The number of piperidine rings is 1. The molecule has 1 heterocycles. The zero-order valence-corrected chi connectivity index (χ0v) is 20.6. The van der Waals surface area contributed by atoms with Crippen LogP contribution in [0.4, 0.5) is 0 Å². The third-order valence-electron chi connectivity index (χ3n) is 6.40. The lowest BCUT2D eigenvalue weighted by Crippen LogP contribution is -2.37. The number of nitrogens with one attached hydrogen (secondary N) is 1. The Bertz CT molecular complexity index is 432. The van der Waals surface area contributed by atoms with Gasteiger partial charge < -0.3 is 10.1 Å². The second-order valence-electron chi connectivity index (χ2n) is 9.34. The molecule has 1 saturated heterocycles. The van der Waals surface area contributed by atoms with Crippen LogP contribution >= 0.6 is 0 Å². The number of hydrogen-bond acceptors (Lipinski definition) is 5. The van der Waals surface area contributed by atoms with E-state index in [-0.39, 0.29) is 24.4 Å². The second-order valence-corrected chi connectivity index (χ2v) is 9.34. The van der Waals surface area contributed by atoms with Crippen LogP contribution in [-0.4, -0.2) is 49.6 Å². The Labute approximate surface area is 192 Å². The van der Waals surface area contributed by atoms with Gasteiger partial charge in [-0.2, -0.15) is 0 Å². The fourth-order valence-corrected chi connectivity index (χ4v) is 4.32. The molecule has 0 amide bonds. The molecule has 1 fully saturated rings. The number of hydrogen-bond donors (Lipinski definition) is 1. The Morgan fingerprint density at radius 1 is 0.742 bits per heavy atom. The molecule has 1 N–H and O–H groups in total. The van der Waals surface area contributed by atoms with E-state index in [0.29, 0.717) is 0 Å². The molecular formula is C26H50N2O3. The van der Waals surface area contributed by atoms with E-state index in [4.69, 9.17) is 4.74 Å². The topological polar surface area (TPSA) is 58.6 Å². The predicted molar refractivity (Wildman–Crippen MR) is 129 cm³/mol. The van der Waals surface area contributed by atoms with E-state index in [1.54, 1.807) is 0 Å². The van der Waals surface area contributed by atoms with Crippen LogP contribution < -0.4 is 5.32 Å². The molecule has 0 radical (unpaired) electrons. The molecule has 5 nitrogen and oxygen atoms in total. The highest BCUT2D eigenvalue weighted by atomic mass is 16.6. The largest absolute Gasteiger partial charge is 0.392 e. The van der Waals surface area contributed by atoms with Gasteiger partial charge in [-0.05, 0) is 51.9 Å². The molecule has 5 heteroatoms. The Hall–Kier alpha value is -0.940. The second kappa shape index (κ2) is 19.7. The summed E-state index contributed by atoms with van der Waals surface area (Å²) in [6.07, 6.45) is 19.3. The number of nitrogens with zero attached hydrogens (tertiary/aromatic N) is 1. The highest BCUT2D eigenvalue weighted by molar-refractivity contribution is 5.87. The molecule has 0 saturated carbocycles. The number of carbonyl (C=O) groups is 2. The molecule has 0 aromatic heterocycles. The number of rotatable bonds is 19. The number of unbranched alkanes of at least 4 members (excludes halogenated alkanes) is 12. The predicted octanol–water partition coefficient (Wildman–Crippen LogP) is 5.86. The minimum Gasteiger partial charge on any atom is -0.392 e. The van der Waals surface area contributed by atoms with Crippen molar-refractivity contribution in [1.29, 1.82) is 0 Å². The third kappa shape index (κ3) is 15.5. The number of carbonyl (C=O) groups excluding carboxylic acids is 2. The Morgan fingerprint density at radius 2 is 1.19 bits per heavy atom. The fourth-order valence-electron chi connectivity index (χ4n) is 4.32. The molecule has 1 rings (SSSR count). The lowest BCUT2D eigenvalue weighted by atomic mass is 9.99. The first-order valence-corrected chi connectivity index (χ1v) is 13.3. The smallest absolute Gasteiger partial charge is 0.327 e. The van der Waals surface area contributed by atoms with Crippen molar-refractivity contribution in [3.63, 3.8) is 0 Å². The monoisotopic (exact) mass is 438 g/mol. The Balaban J connectivity index is 2.31. The maximum atomic E-state index is 12.4. The van der Waals surface area contributed by atoms with Crippen LogP contribution in [0.25, 0.3) is 0 Å². The zero-order chi connectivity index (χ0) is 22.6. The van der Waals surface area contributed by atoms with Crippen LogP contribution in [0.1, 0.15) is 117 Å².